The number of hydrogen-bond acceptors (Lipinski definition) is 1. The Morgan fingerprint density at radius 1 is 1.86 bits per heavy atom. The maximum Gasteiger partial charge on any atom is 0.323 e. The van der Waals surface area contributed by atoms with Crippen LogP contribution in [0.25, 0.3) is 0 Å². The van der Waals surface area contributed by atoms with Gasteiger partial charge in [-0.2, -0.15) is 0 Å². The summed E-state index contributed by atoms with van der Waals surface area (Å²) in [6, 6.07) is 1.66. The molecule has 0 rings (SSSR count). The SMILES string of the molecule is CC#CNC(N)=O. The second kappa shape index (κ2) is 3.04. The van der Waals surface area contributed by atoms with Crippen LogP contribution in [-0.4, -0.2) is 6.03 Å². The molecule has 38 valence electrons. The topological polar surface area (TPSA) is 55.1 Å². The molecule has 0 aliphatic heterocycles. The summed E-state index contributed by atoms with van der Waals surface area (Å²) in [5, 5.41) is 2.07. The lowest BCUT2D eigenvalue weighted by Crippen LogP contribution is -2.24. The molecule has 0 saturated carbocycles. The molecule has 0 saturated heterocycles. The average Bonchev–Trinajstić information content (AvgIpc) is 1.61. The van der Waals surface area contributed by atoms with Crippen LogP contribution in [-0.2, 0) is 0 Å². The van der Waals surface area contributed by atoms with Gasteiger partial charge in [0.2, 0.25) is 0 Å². The highest BCUT2D eigenvalue weighted by Crippen LogP contribution is 1.48. The molecule has 0 spiro atoms. The fourth-order valence-electron chi connectivity index (χ4n) is 0.124. The first-order valence-corrected chi connectivity index (χ1v) is 1.74. The second-order valence-electron chi connectivity index (χ2n) is 0.864. The highest BCUT2D eigenvalue weighted by atomic mass is 16.2. The summed E-state index contributed by atoms with van der Waals surface area (Å²) in [6.07, 6.45) is 0. The van der Waals surface area contributed by atoms with Gasteiger partial charge < -0.3 is 5.73 Å². The van der Waals surface area contributed by atoms with E-state index in [1.165, 1.54) is 0 Å². The Morgan fingerprint density at radius 2 is 2.43 bits per heavy atom. The van der Waals surface area contributed by atoms with Crippen molar-refractivity contribution >= 4 is 6.03 Å². The third-order valence-corrected chi connectivity index (χ3v) is 0.311. The van der Waals surface area contributed by atoms with Gasteiger partial charge in [0.15, 0.2) is 0 Å². The van der Waals surface area contributed by atoms with E-state index in [4.69, 9.17) is 0 Å². The van der Waals surface area contributed by atoms with Gasteiger partial charge in [0.1, 0.15) is 0 Å². The normalized spacial score (nSPS) is 5.86. The lowest BCUT2D eigenvalue weighted by molar-refractivity contribution is 0.252. The van der Waals surface area contributed by atoms with E-state index in [1.54, 1.807) is 6.92 Å². The number of nitrogens with two attached hydrogens (primary N) is 1. The van der Waals surface area contributed by atoms with Crippen LogP contribution < -0.4 is 11.1 Å². The van der Waals surface area contributed by atoms with Crippen LogP contribution >= 0.6 is 0 Å². The lowest BCUT2D eigenvalue weighted by Gasteiger charge is -1.81. The van der Waals surface area contributed by atoms with Crippen LogP contribution in [0.3, 0.4) is 0 Å². The van der Waals surface area contributed by atoms with Crippen molar-refractivity contribution in [3.8, 4) is 12.0 Å². The van der Waals surface area contributed by atoms with Crippen molar-refractivity contribution < 1.29 is 4.79 Å². The molecular weight excluding hydrogens is 92.1 g/mol. The molecule has 3 heteroatoms. The zero-order valence-electron chi connectivity index (χ0n) is 3.99. The minimum atomic E-state index is -0.616. The first-order valence-electron chi connectivity index (χ1n) is 1.74. The molecule has 0 atom stereocenters. The molecule has 0 aromatic rings. The minimum Gasteiger partial charge on any atom is -0.351 e. The Balaban J connectivity index is 3.26. The molecule has 7 heavy (non-hydrogen) atoms. The summed E-state index contributed by atoms with van der Waals surface area (Å²) >= 11 is 0. The van der Waals surface area contributed by atoms with Crippen LogP contribution in [0.15, 0.2) is 0 Å². The largest absolute Gasteiger partial charge is 0.351 e. The predicted octanol–water partition coefficient (Wildman–Crippen LogP) is -0.364. The summed E-state index contributed by atoms with van der Waals surface area (Å²) in [4.78, 5) is 9.77. The third-order valence-electron chi connectivity index (χ3n) is 0.311. The molecule has 0 radical (unpaired) electrons. The van der Waals surface area contributed by atoms with E-state index in [0.717, 1.165) is 0 Å². The fourth-order valence-corrected chi connectivity index (χ4v) is 0.124. The molecule has 0 aromatic carbocycles. The summed E-state index contributed by atoms with van der Waals surface area (Å²) in [5.41, 5.74) is 4.63. The number of carbonyl (C=O) groups is 1. The van der Waals surface area contributed by atoms with Gasteiger partial charge in [0, 0.05) is 6.04 Å². The minimum absolute atomic E-state index is 0.616. The Morgan fingerprint density at radius 3 is 2.57 bits per heavy atom. The van der Waals surface area contributed by atoms with E-state index in [-0.39, 0.29) is 0 Å². The molecular formula is C4H6N2O. The van der Waals surface area contributed by atoms with E-state index >= 15 is 0 Å². The molecule has 3 N–H and O–H groups in total. The maximum atomic E-state index is 9.77. The zero-order valence-corrected chi connectivity index (χ0v) is 3.99. The van der Waals surface area contributed by atoms with Crippen LogP contribution in [0.1, 0.15) is 6.92 Å². The van der Waals surface area contributed by atoms with Gasteiger partial charge in [-0.3, -0.25) is 5.32 Å². The standard InChI is InChI=1S/C4H6N2O/c1-2-3-6-4(5)7/h1H3,(H3,5,6,7). The van der Waals surface area contributed by atoms with Gasteiger partial charge in [-0.15, -0.1) is 0 Å². The fraction of sp³-hybridized carbons (Fsp3) is 0.250. The Hall–Kier alpha value is -1.17. The quantitative estimate of drug-likeness (QED) is 0.315. The lowest BCUT2D eigenvalue weighted by atomic mass is 10.8. The van der Waals surface area contributed by atoms with Gasteiger partial charge in [-0.05, 0) is 6.92 Å². The molecule has 0 bridgehead atoms. The summed E-state index contributed by atoms with van der Waals surface area (Å²) < 4.78 is 0. The van der Waals surface area contributed by atoms with Gasteiger partial charge in [-0.25, -0.2) is 4.79 Å². The number of rotatable bonds is 0. The van der Waals surface area contributed by atoms with Crippen molar-refractivity contribution in [3.63, 3.8) is 0 Å². The first-order chi connectivity index (χ1) is 3.27. The molecule has 0 aliphatic rings. The smallest absolute Gasteiger partial charge is 0.323 e. The van der Waals surface area contributed by atoms with Gasteiger partial charge in [-0.1, -0.05) is 5.92 Å². The number of hydrogen-bond donors (Lipinski definition) is 2. The molecule has 0 heterocycles. The highest BCUT2D eigenvalue weighted by molar-refractivity contribution is 5.73. The van der Waals surface area contributed by atoms with Crippen molar-refractivity contribution in [1.29, 1.82) is 0 Å². The van der Waals surface area contributed by atoms with Crippen molar-refractivity contribution in [1.82, 2.24) is 5.32 Å². The Kier molecular flexibility index (Phi) is 2.53. The van der Waals surface area contributed by atoms with Crippen molar-refractivity contribution in [2.75, 3.05) is 0 Å². The maximum absolute atomic E-state index is 9.77. The predicted molar refractivity (Wildman–Crippen MR) is 26.2 cm³/mol. The first kappa shape index (κ1) is 5.83. The Labute approximate surface area is 41.9 Å². The van der Waals surface area contributed by atoms with E-state index < -0.39 is 6.03 Å². The van der Waals surface area contributed by atoms with Crippen molar-refractivity contribution in [2.45, 2.75) is 6.92 Å². The summed E-state index contributed by atoms with van der Waals surface area (Å²) in [7, 11) is 0. The number of nitrogens with one attached hydrogen (secondary N) is 1. The molecule has 0 aromatic heterocycles. The number of primary amides is 1. The monoisotopic (exact) mass is 98.0 g/mol. The van der Waals surface area contributed by atoms with Gasteiger partial charge in [0.05, 0.1) is 0 Å². The third kappa shape index (κ3) is 4.83. The highest BCUT2D eigenvalue weighted by Gasteiger charge is 1.77. The molecule has 0 unspecified atom stereocenters. The van der Waals surface area contributed by atoms with Crippen LogP contribution in [0, 0.1) is 12.0 Å². The van der Waals surface area contributed by atoms with Gasteiger partial charge in [0.25, 0.3) is 0 Å². The average molecular weight is 98.1 g/mol. The van der Waals surface area contributed by atoms with Crippen molar-refractivity contribution in [2.24, 2.45) is 5.73 Å². The van der Waals surface area contributed by atoms with E-state index in [1.807, 2.05) is 0 Å². The molecule has 2 amide bonds. The second-order valence-corrected chi connectivity index (χ2v) is 0.864. The van der Waals surface area contributed by atoms with E-state index in [0.29, 0.717) is 0 Å². The number of amides is 2. The van der Waals surface area contributed by atoms with Crippen LogP contribution in [0.2, 0.25) is 0 Å². The van der Waals surface area contributed by atoms with E-state index in [2.05, 4.69) is 23.0 Å². The Bertz CT molecular complexity index is 119. The number of carbonyl (C=O) groups excluding carboxylic acids is 1. The summed E-state index contributed by atoms with van der Waals surface area (Å²) in [5.74, 6) is 2.44. The molecule has 3 nitrogen and oxygen atoms in total. The van der Waals surface area contributed by atoms with E-state index in [9.17, 15) is 4.79 Å². The van der Waals surface area contributed by atoms with Crippen LogP contribution in [0.5, 0.6) is 0 Å². The summed E-state index contributed by atoms with van der Waals surface area (Å²) in [6.45, 7) is 1.61. The molecule has 0 aliphatic carbocycles. The van der Waals surface area contributed by atoms with Crippen LogP contribution in [0.4, 0.5) is 4.79 Å². The molecule has 0 fully saturated rings. The number of urea groups is 1. The van der Waals surface area contributed by atoms with Gasteiger partial charge >= 0.3 is 6.03 Å². The zero-order chi connectivity index (χ0) is 5.70. The van der Waals surface area contributed by atoms with Crippen molar-refractivity contribution in [3.05, 3.63) is 0 Å².